The zero-order valence-electron chi connectivity index (χ0n) is 14.8. The number of ether oxygens (including phenoxy) is 2. The third-order valence-electron chi connectivity index (χ3n) is 3.73. The van der Waals surface area contributed by atoms with Crippen LogP contribution in [0, 0.1) is 12.3 Å². The lowest BCUT2D eigenvalue weighted by molar-refractivity contribution is -0.162. The average Bonchev–Trinajstić information content (AvgIpc) is 2.83. The van der Waals surface area contributed by atoms with Gasteiger partial charge in [0.1, 0.15) is 18.8 Å². The summed E-state index contributed by atoms with van der Waals surface area (Å²) in [7, 11) is -4.02. The summed E-state index contributed by atoms with van der Waals surface area (Å²) in [6.45, 7) is 6.76. The maximum absolute atomic E-state index is 12.4. The smallest absolute Gasteiger partial charge is 0.311 e. The fourth-order valence-corrected chi connectivity index (χ4v) is 3.35. The molecule has 1 N–H and O–H groups in total. The predicted molar refractivity (Wildman–Crippen MR) is 89.1 cm³/mol. The van der Waals surface area contributed by atoms with E-state index in [9.17, 15) is 18.3 Å². The predicted octanol–water partition coefficient (Wildman–Crippen LogP) is 1.77. The van der Waals surface area contributed by atoms with Gasteiger partial charge in [0.25, 0.3) is 10.1 Å². The first kappa shape index (κ1) is 19.8. The molecule has 8 heteroatoms. The van der Waals surface area contributed by atoms with Gasteiger partial charge in [-0.25, -0.2) is 0 Å². The largest absolute Gasteiger partial charge is 0.462 e. The Morgan fingerprint density at radius 2 is 1.88 bits per heavy atom. The van der Waals surface area contributed by atoms with Gasteiger partial charge < -0.3 is 14.6 Å². The van der Waals surface area contributed by atoms with E-state index < -0.39 is 40.0 Å². The van der Waals surface area contributed by atoms with Crippen LogP contribution in [0.3, 0.4) is 0 Å². The van der Waals surface area contributed by atoms with E-state index in [0.717, 1.165) is 5.56 Å². The molecule has 1 heterocycles. The van der Waals surface area contributed by atoms with Gasteiger partial charge in [-0.15, -0.1) is 0 Å². The van der Waals surface area contributed by atoms with Crippen molar-refractivity contribution in [2.45, 2.75) is 57.5 Å². The number of esters is 1. The van der Waals surface area contributed by atoms with E-state index in [4.69, 9.17) is 13.7 Å². The van der Waals surface area contributed by atoms with Crippen molar-refractivity contribution in [3.8, 4) is 0 Å². The van der Waals surface area contributed by atoms with Gasteiger partial charge >= 0.3 is 5.97 Å². The Balaban J connectivity index is 2.06. The summed E-state index contributed by atoms with van der Waals surface area (Å²) in [4.78, 5) is 11.9. The molecule has 0 radical (unpaired) electrons. The molecule has 2 rings (SSSR count). The zero-order chi connectivity index (χ0) is 18.8. The number of benzene rings is 1. The highest BCUT2D eigenvalue weighted by atomic mass is 32.2. The Hall–Kier alpha value is -1.48. The van der Waals surface area contributed by atoms with E-state index >= 15 is 0 Å². The van der Waals surface area contributed by atoms with Crippen molar-refractivity contribution in [3.05, 3.63) is 29.8 Å². The molecule has 1 fully saturated rings. The van der Waals surface area contributed by atoms with Crippen LogP contribution in [0.4, 0.5) is 0 Å². The summed E-state index contributed by atoms with van der Waals surface area (Å²) >= 11 is 0. The molecule has 1 aromatic carbocycles. The second-order valence-electron chi connectivity index (χ2n) is 7.12. The number of hydrogen-bond acceptors (Lipinski definition) is 7. The summed E-state index contributed by atoms with van der Waals surface area (Å²) in [5.74, 6) is -0.447. The minimum absolute atomic E-state index is 0.0185. The van der Waals surface area contributed by atoms with E-state index in [1.54, 1.807) is 32.9 Å². The second kappa shape index (κ2) is 7.41. The molecule has 0 aliphatic carbocycles. The molecule has 0 saturated carbocycles. The summed E-state index contributed by atoms with van der Waals surface area (Å²) in [6, 6.07) is 6.23. The maximum atomic E-state index is 12.4. The van der Waals surface area contributed by atoms with Crippen LogP contribution in [0.5, 0.6) is 0 Å². The van der Waals surface area contributed by atoms with Crippen molar-refractivity contribution < 1.29 is 32.0 Å². The Morgan fingerprint density at radius 3 is 2.44 bits per heavy atom. The molecule has 25 heavy (non-hydrogen) atoms. The lowest BCUT2D eigenvalue weighted by Gasteiger charge is -2.21. The van der Waals surface area contributed by atoms with Crippen LogP contribution < -0.4 is 0 Å². The monoisotopic (exact) mass is 372 g/mol. The topological polar surface area (TPSA) is 99.1 Å². The first-order valence-electron chi connectivity index (χ1n) is 8.00. The lowest BCUT2D eigenvalue weighted by atomic mass is 9.97. The average molecular weight is 372 g/mol. The summed E-state index contributed by atoms with van der Waals surface area (Å²) in [6.07, 6.45) is -2.99. The normalized spacial score (nSPS) is 24.3. The van der Waals surface area contributed by atoms with Crippen molar-refractivity contribution in [3.63, 3.8) is 0 Å². The summed E-state index contributed by atoms with van der Waals surface area (Å²) in [5.41, 5.74) is 0.229. The van der Waals surface area contributed by atoms with Gasteiger partial charge in [-0.3, -0.25) is 8.98 Å². The maximum Gasteiger partial charge on any atom is 0.311 e. The molecule has 1 aliphatic heterocycles. The Morgan fingerprint density at radius 1 is 1.28 bits per heavy atom. The van der Waals surface area contributed by atoms with E-state index in [1.807, 2.05) is 6.92 Å². The van der Waals surface area contributed by atoms with Gasteiger partial charge in [-0.1, -0.05) is 17.7 Å². The number of carbonyl (C=O) groups is 1. The van der Waals surface area contributed by atoms with Crippen LogP contribution in [0.2, 0.25) is 0 Å². The Kier molecular flexibility index (Phi) is 5.88. The van der Waals surface area contributed by atoms with Crippen molar-refractivity contribution in [1.29, 1.82) is 0 Å². The number of aliphatic hydroxyl groups excluding tert-OH is 1. The van der Waals surface area contributed by atoms with Gasteiger partial charge in [0.05, 0.1) is 10.3 Å². The highest BCUT2D eigenvalue weighted by molar-refractivity contribution is 7.86. The van der Waals surface area contributed by atoms with E-state index in [0.29, 0.717) is 0 Å². The summed E-state index contributed by atoms with van der Waals surface area (Å²) < 4.78 is 40.4. The van der Waals surface area contributed by atoms with Crippen LogP contribution in [0.15, 0.2) is 29.2 Å². The van der Waals surface area contributed by atoms with Gasteiger partial charge in [0.15, 0.2) is 6.29 Å². The lowest BCUT2D eigenvalue weighted by Crippen LogP contribution is -2.34. The molecule has 1 saturated heterocycles. The van der Waals surface area contributed by atoms with Crippen molar-refractivity contribution in [2.24, 2.45) is 5.41 Å². The Labute approximate surface area is 148 Å². The fraction of sp³-hybridized carbons (Fsp3) is 0.588. The second-order valence-corrected chi connectivity index (χ2v) is 8.69. The van der Waals surface area contributed by atoms with Gasteiger partial charge in [-0.2, -0.15) is 8.42 Å². The molecule has 1 unspecified atom stereocenters. The van der Waals surface area contributed by atoms with Crippen molar-refractivity contribution in [2.75, 3.05) is 6.61 Å². The van der Waals surface area contributed by atoms with E-state index in [1.165, 1.54) is 12.1 Å². The molecule has 1 aromatic rings. The van der Waals surface area contributed by atoms with Crippen molar-refractivity contribution >= 4 is 16.1 Å². The molecule has 0 aromatic heterocycles. The highest BCUT2D eigenvalue weighted by Crippen LogP contribution is 2.27. The molecule has 7 nitrogen and oxygen atoms in total. The molecular weight excluding hydrogens is 348 g/mol. The number of rotatable bonds is 5. The van der Waals surface area contributed by atoms with Crippen LogP contribution in [-0.2, 0) is 28.6 Å². The first-order chi connectivity index (χ1) is 11.5. The fourth-order valence-electron chi connectivity index (χ4n) is 2.24. The number of aliphatic hydroxyl groups is 1. The minimum Gasteiger partial charge on any atom is -0.462 e. The SMILES string of the molecule is Cc1ccc(S(=O)(=O)O[C@H]2CC(O)O[C@@H]2COC(=O)C(C)(C)C)cc1. The summed E-state index contributed by atoms with van der Waals surface area (Å²) in [5, 5.41) is 9.66. The standard InChI is InChI=1S/C17H24O7S/c1-11-5-7-12(8-6-11)25(20,21)24-13-9-15(18)23-14(13)10-22-16(19)17(2,3)4/h5-8,13-15,18H,9-10H2,1-4H3/t13-,14+,15?/m0/s1. The first-order valence-corrected chi connectivity index (χ1v) is 9.40. The van der Waals surface area contributed by atoms with Crippen LogP contribution in [0.25, 0.3) is 0 Å². The number of aryl methyl sites for hydroxylation is 1. The quantitative estimate of drug-likeness (QED) is 0.621. The molecule has 140 valence electrons. The molecule has 0 spiro atoms. The van der Waals surface area contributed by atoms with Gasteiger partial charge in [0.2, 0.25) is 0 Å². The third-order valence-corrected chi connectivity index (χ3v) is 5.08. The molecule has 0 bridgehead atoms. The minimum atomic E-state index is -4.02. The number of hydrogen-bond donors (Lipinski definition) is 1. The highest BCUT2D eigenvalue weighted by Gasteiger charge is 2.40. The molecule has 3 atom stereocenters. The van der Waals surface area contributed by atoms with Gasteiger partial charge in [-0.05, 0) is 39.8 Å². The third kappa shape index (κ3) is 5.24. The van der Waals surface area contributed by atoms with Crippen molar-refractivity contribution in [1.82, 2.24) is 0 Å². The molecular formula is C17H24O7S. The van der Waals surface area contributed by atoms with E-state index in [2.05, 4.69) is 0 Å². The van der Waals surface area contributed by atoms with Crippen LogP contribution >= 0.6 is 0 Å². The number of carbonyl (C=O) groups excluding carboxylic acids is 1. The molecule has 1 aliphatic rings. The Bertz CT molecular complexity index is 704. The van der Waals surface area contributed by atoms with E-state index in [-0.39, 0.29) is 17.9 Å². The van der Waals surface area contributed by atoms with Crippen LogP contribution in [-0.4, -0.2) is 44.6 Å². The zero-order valence-corrected chi connectivity index (χ0v) is 15.6. The molecule has 0 amide bonds. The van der Waals surface area contributed by atoms with Crippen LogP contribution in [0.1, 0.15) is 32.8 Å². The van der Waals surface area contributed by atoms with Gasteiger partial charge in [0, 0.05) is 6.42 Å².